The predicted molar refractivity (Wildman–Crippen MR) is 77.8 cm³/mol. The van der Waals surface area contributed by atoms with Crippen LogP contribution < -0.4 is 5.73 Å². The highest BCUT2D eigenvalue weighted by molar-refractivity contribution is 5.63. The number of aliphatic hydroxyl groups is 1. The molecule has 0 saturated heterocycles. The molecule has 0 atom stereocenters. The first-order valence-corrected chi connectivity index (χ1v) is 5.81. The number of hydrogen-bond acceptors (Lipinski definition) is 6. The van der Waals surface area contributed by atoms with Crippen LogP contribution in [0.15, 0.2) is 12.8 Å². The number of carbonyl (C=O) groups is 3. The van der Waals surface area contributed by atoms with Crippen molar-refractivity contribution in [1.29, 1.82) is 0 Å². The molecule has 0 aliphatic heterocycles. The molecule has 0 unspecified atom stereocenters. The quantitative estimate of drug-likeness (QED) is 0.457. The van der Waals surface area contributed by atoms with E-state index in [1.807, 2.05) is 4.90 Å². The second-order valence-electron chi connectivity index (χ2n) is 3.29. The third kappa shape index (κ3) is 131. The summed E-state index contributed by atoms with van der Waals surface area (Å²) in [4.78, 5) is 28.9. The van der Waals surface area contributed by atoms with E-state index in [1.165, 1.54) is 0 Å². The predicted octanol–water partition coefficient (Wildman–Crippen LogP) is -0.344. The number of carboxylic acids is 3. The SMILES string of the molecule is C=CN(CCN)CCO.CC(=O)O.CC(=O)O.CC(=O)O. The highest BCUT2D eigenvalue weighted by atomic mass is 16.4. The van der Waals surface area contributed by atoms with Gasteiger partial charge in [0.2, 0.25) is 0 Å². The van der Waals surface area contributed by atoms with Gasteiger partial charge in [-0.2, -0.15) is 0 Å². The van der Waals surface area contributed by atoms with Gasteiger partial charge in [-0.25, -0.2) is 0 Å². The summed E-state index contributed by atoms with van der Waals surface area (Å²) in [7, 11) is 0. The van der Waals surface area contributed by atoms with Crippen LogP contribution in [0.3, 0.4) is 0 Å². The van der Waals surface area contributed by atoms with Crippen molar-refractivity contribution in [2.45, 2.75) is 20.8 Å². The fourth-order valence-electron chi connectivity index (χ4n) is 0.589. The van der Waals surface area contributed by atoms with E-state index in [0.717, 1.165) is 27.3 Å². The molecule has 0 aliphatic rings. The van der Waals surface area contributed by atoms with Crippen LogP contribution >= 0.6 is 0 Å². The van der Waals surface area contributed by atoms with Gasteiger partial charge in [0.1, 0.15) is 0 Å². The number of aliphatic hydroxyl groups excluding tert-OH is 1. The van der Waals surface area contributed by atoms with Crippen molar-refractivity contribution in [2.75, 3.05) is 26.2 Å². The Labute approximate surface area is 124 Å². The summed E-state index contributed by atoms with van der Waals surface area (Å²) in [6.45, 7) is 8.96. The summed E-state index contributed by atoms with van der Waals surface area (Å²) in [5, 5.41) is 30.7. The standard InChI is InChI=1S/C6H14N2O.3C2H4O2/c1-2-8(4-3-7)5-6-9;3*1-2(3)4/h2,9H,1,3-7H2;3*1H3,(H,3,4). The fraction of sp³-hybridized carbons (Fsp3) is 0.583. The highest BCUT2D eigenvalue weighted by Crippen LogP contribution is 1.83. The second kappa shape index (κ2) is 23.0. The molecule has 0 amide bonds. The molecule has 0 aliphatic carbocycles. The lowest BCUT2D eigenvalue weighted by molar-refractivity contribution is -0.135. The van der Waals surface area contributed by atoms with E-state index < -0.39 is 17.9 Å². The number of hydrogen-bond donors (Lipinski definition) is 5. The Morgan fingerprint density at radius 3 is 1.43 bits per heavy atom. The van der Waals surface area contributed by atoms with Gasteiger partial charge in [-0.15, -0.1) is 0 Å². The Hall–Kier alpha value is -2.13. The van der Waals surface area contributed by atoms with Crippen molar-refractivity contribution in [2.24, 2.45) is 5.73 Å². The number of rotatable bonds is 5. The van der Waals surface area contributed by atoms with Crippen molar-refractivity contribution in [3.8, 4) is 0 Å². The van der Waals surface area contributed by atoms with E-state index in [0.29, 0.717) is 13.1 Å². The van der Waals surface area contributed by atoms with Gasteiger partial charge in [0.15, 0.2) is 0 Å². The van der Waals surface area contributed by atoms with E-state index in [4.69, 9.17) is 40.5 Å². The molecule has 0 aromatic rings. The maximum atomic E-state index is 9.00. The topological polar surface area (TPSA) is 161 Å². The van der Waals surface area contributed by atoms with Gasteiger partial charge >= 0.3 is 0 Å². The van der Waals surface area contributed by atoms with E-state index in [2.05, 4.69) is 6.58 Å². The van der Waals surface area contributed by atoms with Crippen LogP contribution in [0.1, 0.15) is 20.8 Å². The molecule has 126 valence electrons. The third-order valence-corrected chi connectivity index (χ3v) is 1.06. The molecule has 0 saturated carbocycles. The molecule has 0 bridgehead atoms. The molecule has 21 heavy (non-hydrogen) atoms. The van der Waals surface area contributed by atoms with E-state index >= 15 is 0 Å². The average molecular weight is 310 g/mol. The molecule has 0 heterocycles. The van der Waals surface area contributed by atoms with Crippen LogP contribution in [0.4, 0.5) is 0 Å². The van der Waals surface area contributed by atoms with Gasteiger partial charge in [-0.3, -0.25) is 14.4 Å². The van der Waals surface area contributed by atoms with Crippen LogP contribution in [0.2, 0.25) is 0 Å². The monoisotopic (exact) mass is 310 g/mol. The normalized spacial score (nSPS) is 7.48. The minimum absolute atomic E-state index is 0.159. The first-order chi connectivity index (χ1) is 9.54. The Kier molecular flexibility index (Phi) is 29.8. The first kappa shape index (κ1) is 27.3. The number of carboxylic acid groups (broad SMARTS) is 3. The summed E-state index contributed by atoms with van der Waals surface area (Å²) in [5.74, 6) is -2.50. The van der Waals surface area contributed by atoms with E-state index in [1.54, 1.807) is 6.20 Å². The van der Waals surface area contributed by atoms with Crippen molar-refractivity contribution in [1.82, 2.24) is 4.90 Å². The van der Waals surface area contributed by atoms with Crippen LogP contribution in [-0.2, 0) is 14.4 Å². The van der Waals surface area contributed by atoms with Crippen molar-refractivity contribution in [3.05, 3.63) is 12.8 Å². The summed E-state index contributed by atoms with van der Waals surface area (Å²) >= 11 is 0. The van der Waals surface area contributed by atoms with Gasteiger partial charge in [0.25, 0.3) is 17.9 Å². The lowest BCUT2D eigenvalue weighted by atomic mass is 10.5. The zero-order valence-electron chi connectivity index (χ0n) is 12.7. The average Bonchev–Trinajstić information content (AvgIpc) is 2.26. The van der Waals surface area contributed by atoms with Gasteiger partial charge in [0, 0.05) is 40.4 Å². The Balaban J connectivity index is -0.000000102. The number of aliphatic carboxylic acids is 3. The maximum absolute atomic E-state index is 9.00. The Morgan fingerprint density at radius 2 is 1.29 bits per heavy atom. The van der Waals surface area contributed by atoms with E-state index in [9.17, 15) is 0 Å². The molecule has 9 heteroatoms. The Bertz CT molecular complexity index is 236. The van der Waals surface area contributed by atoms with Crippen molar-refractivity contribution < 1.29 is 34.8 Å². The molecule has 0 rings (SSSR count). The van der Waals surface area contributed by atoms with Crippen LogP contribution in [-0.4, -0.2) is 69.5 Å². The summed E-state index contributed by atoms with van der Waals surface area (Å²) < 4.78 is 0. The van der Waals surface area contributed by atoms with Crippen molar-refractivity contribution in [3.63, 3.8) is 0 Å². The van der Waals surface area contributed by atoms with Gasteiger partial charge in [-0.1, -0.05) is 6.58 Å². The molecule has 0 spiro atoms. The highest BCUT2D eigenvalue weighted by Gasteiger charge is 1.92. The van der Waals surface area contributed by atoms with E-state index in [-0.39, 0.29) is 6.61 Å². The molecular weight excluding hydrogens is 284 g/mol. The molecule has 0 aromatic carbocycles. The zero-order chi connectivity index (χ0) is 17.8. The van der Waals surface area contributed by atoms with Crippen LogP contribution in [0, 0.1) is 0 Å². The Morgan fingerprint density at radius 1 is 1.00 bits per heavy atom. The number of nitrogens with two attached hydrogens (primary N) is 1. The molecule has 0 aromatic heterocycles. The molecule has 0 radical (unpaired) electrons. The summed E-state index contributed by atoms with van der Waals surface area (Å²) in [6.07, 6.45) is 1.68. The molecule has 6 N–H and O–H groups in total. The largest absolute Gasteiger partial charge is 0.481 e. The minimum atomic E-state index is -0.833. The smallest absolute Gasteiger partial charge is 0.300 e. The van der Waals surface area contributed by atoms with Crippen molar-refractivity contribution >= 4 is 17.9 Å². The fourth-order valence-corrected chi connectivity index (χ4v) is 0.589. The van der Waals surface area contributed by atoms with Gasteiger partial charge in [-0.05, 0) is 6.20 Å². The summed E-state index contributed by atoms with van der Waals surface area (Å²) in [5.41, 5.74) is 5.26. The van der Waals surface area contributed by atoms with Crippen LogP contribution in [0.5, 0.6) is 0 Å². The second-order valence-corrected chi connectivity index (χ2v) is 3.29. The molecule has 9 nitrogen and oxygen atoms in total. The lowest BCUT2D eigenvalue weighted by Gasteiger charge is -2.16. The minimum Gasteiger partial charge on any atom is -0.481 e. The zero-order valence-corrected chi connectivity index (χ0v) is 12.7. The molecular formula is C12H26N2O7. The number of nitrogens with zero attached hydrogens (tertiary/aromatic N) is 1. The lowest BCUT2D eigenvalue weighted by Crippen LogP contribution is -2.26. The van der Waals surface area contributed by atoms with Crippen LogP contribution in [0.25, 0.3) is 0 Å². The third-order valence-electron chi connectivity index (χ3n) is 1.06. The maximum Gasteiger partial charge on any atom is 0.300 e. The molecule has 0 fully saturated rings. The summed E-state index contributed by atoms with van der Waals surface area (Å²) in [6, 6.07) is 0. The first-order valence-electron chi connectivity index (χ1n) is 5.81. The van der Waals surface area contributed by atoms with Gasteiger partial charge in [0.05, 0.1) is 6.61 Å². The van der Waals surface area contributed by atoms with Gasteiger partial charge < -0.3 is 31.1 Å².